The van der Waals surface area contributed by atoms with Crippen LogP contribution >= 0.6 is 0 Å². The van der Waals surface area contributed by atoms with Gasteiger partial charge in [-0.2, -0.15) is 0 Å². The molecule has 2 aromatic rings. The summed E-state index contributed by atoms with van der Waals surface area (Å²) in [5.74, 6) is 0.910. The fraction of sp³-hybridized carbons (Fsp3) is 0.609. The Balaban J connectivity index is 1.36. The lowest BCUT2D eigenvalue weighted by molar-refractivity contribution is 0.460. The summed E-state index contributed by atoms with van der Waals surface area (Å²) in [6.45, 7) is 10.8. The van der Waals surface area contributed by atoms with Gasteiger partial charge in [0.25, 0.3) is 0 Å². The molecule has 1 aliphatic heterocycles. The molecule has 164 valence electrons. The molecule has 0 amide bonds. The first-order valence-electron chi connectivity index (χ1n) is 11.1. The number of guanidine groups is 1. The molecule has 2 heterocycles. The molecule has 0 aliphatic carbocycles. The Morgan fingerprint density at radius 2 is 1.73 bits per heavy atom. The van der Waals surface area contributed by atoms with Gasteiger partial charge in [-0.25, -0.2) is 0 Å². The fourth-order valence-corrected chi connectivity index (χ4v) is 3.81. The van der Waals surface area contributed by atoms with E-state index >= 15 is 0 Å². The van der Waals surface area contributed by atoms with Gasteiger partial charge < -0.3 is 20.1 Å². The van der Waals surface area contributed by atoms with Crippen molar-refractivity contribution in [1.82, 2.24) is 25.4 Å². The van der Waals surface area contributed by atoms with Crippen LogP contribution in [0.5, 0.6) is 0 Å². The lowest BCUT2D eigenvalue weighted by Gasteiger charge is -2.35. The molecule has 1 aromatic carbocycles. The summed E-state index contributed by atoms with van der Waals surface area (Å²) in [5, 5.41) is 14.7. The number of anilines is 1. The molecule has 0 unspecified atom stereocenters. The minimum Gasteiger partial charge on any atom is -0.371 e. The minimum absolute atomic E-state index is 0.203. The number of nitrogens with zero attached hydrogens (tertiary/aromatic N) is 5. The quantitative estimate of drug-likeness (QED) is 0.416. The summed E-state index contributed by atoms with van der Waals surface area (Å²) in [6, 6.07) is 9.56. The van der Waals surface area contributed by atoms with Crippen LogP contribution in [0.4, 0.5) is 5.69 Å². The summed E-state index contributed by atoms with van der Waals surface area (Å²) in [7, 11) is 1.85. The summed E-state index contributed by atoms with van der Waals surface area (Å²) >= 11 is 0. The highest BCUT2D eigenvalue weighted by Gasteiger charge is 2.21. The second kappa shape index (κ2) is 10.5. The third-order valence-corrected chi connectivity index (χ3v) is 5.76. The smallest absolute Gasteiger partial charge is 0.191 e. The van der Waals surface area contributed by atoms with E-state index in [9.17, 15) is 0 Å². The van der Waals surface area contributed by atoms with Crippen molar-refractivity contribution >= 4 is 11.6 Å². The van der Waals surface area contributed by atoms with E-state index in [0.29, 0.717) is 6.04 Å². The maximum absolute atomic E-state index is 4.40. The van der Waals surface area contributed by atoms with Gasteiger partial charge in [0.1, 0.15) is 12.7 Å². The van der Waals surface area contributed by atoms with Crippen molar-refractivity contribution in [2.24, 2.45) is 4.99 Å². The van der Waals surface area contributed by atoms with Crippen LogP contribution in [0.3, 0.4) is 0 Å². The van der Waals surface area contributed by atoms with E-state index < -0.39 is 0 Å². The Morgan fingerprint density at radius 1 is 1.07 bits per heavy atom. The number of benzene rings is 1. The number of nitrogens with one attached hydrogen (secondary N) is 2. The second-order valence-corrected chi connectivity index (χ2v) is 9.11. The molecule has 1 fully saturated rings. The SMILES string of the molecule is CN=C(NCCCCn1cnnc1)NC1CCN(c2ccc(C(C)(C)C)cc2)CC1. The fourth-order valence-electron chi connectivity index (χ4n) is 3.81. The van der Waals surface area contributed by atoms with Crippen molar-refractivity contribution in [2.75, 3.05) is 31.6 Å². The number of rotatable bonds is 7. The maximum Gasteiger partial charge on any atom is 0.191 e. The third-order valence-electron chi connectivity index (χ3n) is 5.76. The van der Waals surface area contributed by atoms with Crippen molar-refractivity contribution in [3.63, 3.8) is 0 Å². The van der Waals surface area contributed by atoms with Crippen LogP contribution in [-0.2, 0) is 12.0 Å². The van der Waals surface area contributed by atoms with Gasteiger partial charge >= 0.3 is 0 Å². The molecule has 7 heteroatoms. The average molecular weight is 412 g/mol. The van der Waals surface area contributed by atoms with E-state index in [0.717, 1.165) is 57.8 Å². The molecule has 1 saturated heterocycles. The van der Waals surface area contributed by atoms with Gasteiger partial charge in [0.05, 0.1) is 0 Å². The first-order chi connectivity index (χ1) is 14.5. The molecule has 2 N–H and O–H groups in total. The summed E-state index contributed by atoms with van der Waals surface area (Å²) in [5.41, 5.74) is 2.92. The predicted octanol–water partition coefficient (Wildman–Crippen LogP) is 3.19. The molecular formula is C23H37N7. The molecule has 0 bridgehead atoms. The van der Waals surface area contributed by atoms with E-state index in [1.54, 1.807) is 12.7 Å². The first kappa shape index (κ1) is 22.1. The largest absolute Gasteiger partial charge is 0.371 e. The Labute approximate surface area is 181 Å². The summed E-state index contributed by atoms with van der Waals surface area (Å²) in [6.07, 6.45) is 7.94. The van der Waals surface area contributed by atoms with Crippen LogP contribution in [0.25, 0.3) is 0 Å². The van der Waals surface area contributed by atoms with E-state index in [1.165, 1.54) is 11.3 Å². The van der Waals surface area contributed by atoms with Gasteiger partial charge in [-0.3, -0.25) is 4.99 Å². The van der Waals surface area contributed by atoms with E-state index in [2.05, 4.69) is 75.8 Å². The number of aliphatic imine (C=N–C) groups is 1. The van der Waals surface area contributed by atoms with Crippen LogP contribution in [0.15, 0.2) is 41.9 Å². The molecule has 1 aliphatic rings. The Kier molecular flexibility index (Phi) is 7.71. The lowest BCUT2D eigenvalue weighted by atomic mass is 9.87. The highest BCUT2D eigenvalue weighted by molar-refractivity contribution is 5.79. The third kappa shape index (κ3) is 6.47. The highest BCUT2D eigenvalue weighted by Crippen LogP contribution is 2.26. The van der Waals surface area contributed by atoms with Crippen LogP contribution in [0.1, 0.15) is 52.0 Å². The Morgan fingerprint density at radius 3 is 2.33 bits per heavy atom. The topological polar surface area (TPSA) is 70.4 Å². The summed E-state index contributed by atoms with van der Waals surface area (Å²) in [4.78, 5) is 6.89. The number of unbranched alkanes of at least 4 members (excludes halogenated alkanes) is 1. The number of hydrogen-bond acceptors (Lipinski definition) is 4. The molecule has 3 rings (SSSR count). The molecule has 30 heavy (non-hydrogen) atoms. The second-order valence-electron chi connectivity index (χ2n) is 9.11. The van der Waals surface area contributed by atoms with E-state index in [-0.39, 0.29) is 5.41 Å². The molecule has 0 saturated carbocycles. The van der Waals surface area contributed by atoms with Gasteiger partial charge in [0.2, 0.25) is 0 Å². The van der Waals surface area contributed by atoms with Crippen LogP contribution < -0.4 is 15.5 Å². The van der Waals surface area contributed by atoms with Gasteiger partial charge in [-0.1, -0.05) is 32.9 Å². The van der Waals surface area contributed by atoms with Crippen molar-refractivity contribution in [1.29, 1.82) is 0 Å². The highest BCUT2D eigenvalue weighted by atomic mass is 15.2. The van der Waals surface area contributed by atoms with Crippen LogP contribution in [0, 0.1) is 0 Å². The molecule has 0 spiro atoms. The maximum atomic E-state index is 4.40. The molecular weight excluding hydrogens is 374 g/mol. The predicted molar refractivity (Wildman–Crippen MR) is 124 cm³/mol. The van der Waals surface area contributed by atoms with Gasteiger partial charge in [-0.15, -0.1) is 10.2 Å². The zero-order valence-electron chi connectivity index (χ0n) is 18.9. The van der Waals surface area contributed by atoms with Crippen molar-refractivity contribution < 1.29 is 0 Å². The Hall–Kier alpha value is -2.57. The molecule has 1 aromatic heterocycles. The minimum atomic E-state index is 0.203. The van der Waals surface area contributed by atoms with E-state index in [1.807, 2.05) is 11.6 Å². The van der Waals surface area contributed by atoms with Crippen molar-refractivity contribution in [3.8, 4) is 0 Å². The number of hydrogen-bond donors (Lipinski definition) is 2. The zero-order valence-corrected chi connectivity index (χ0v) is 18.9. The van der Waals surface area contributed by atoms with Gasteiger partial charge in [0.15, 0.2) is 5.96 Å². The van der Waals surface area contributed by atoms with Gasteiger partial charge in [0, 0.05) is 45.0 Å². The summed E-state index contributed by atoms with van der Waals surface area (Å²) < 4.78 is 2.01. The molecule has 7 nitrogen and oxygen atoms in total. The van der Waals surface area contributed by atoms with Gasteiger partial charge in [-0.05, 0) is 48.8 Å². The number of aromatic nitrogens is 3. The lowest BCUT2D eigenvalue weighted by Crippen LogP contribution is -2.48. The molecule has 0 atom stereocenters. The Bertz CT molecular complexity index is 767. The van der Waals surface area contributed by atoms with Crippen LogP contribution in [-0.4, -0.2) is 53.4 Å². The monoisotopic (exact) mass is 411 g/mol. The standard InChI is InChI=1S/C23H37N7/c1-23(2,3)19-7-9-21(10-8-19)30-15-11-20(12-16-30)28-22(24-4)25-13-5-6-14-29-17-26-27-18-29/h7-10,17-18,20H,5-6,11-16H2,1-4H3,(H2,24,25,28). The van der Waals surface area contributed by atoms with E-state index in [4.69, 9.17) is 0 Å². The average Bonchev–Trinajstić information content (AvgIpc) is 3.26. The molecule has 0 radical (unpaired) electrons. The first-order valence-corrected chi connectivity index (χ1v) is 11.1. The van der Waals surface area contributed by atoms with Crippen molar-refractivity contribution in [3.05, 3.63) is 42.5 Å². The number of piperidine rings is 1. The number of aryl methyl sites for hydroxylation is 1. The zero-order chi connectivity index (χ0) is 21.4. The van der Waals surface area contributed by atoms with Crippen LogP contribution in [0.2, 0.25) is 0 Å². The van der Waals surface area contributed by atoms with Crippen molar-refractivity contribution in [2.45, 2.75) is 64.5 Å². The normalized spacial score (nSPS) is 16.0.